The maximum Gasteiger partial charge on any atom is 0.132 e. The topological polar surface area (TPSA) is 51.2 Å². The summed E-state index contributed by atoms with van der Waals surface area (Å²) in [5, 5.41) is 13.5. The quantitative estimate of drug-likeness (QED) is 0.604. The number of rotatable bonds is 4. The molecular weight excluding hydrogens is 390 g/mol. The molecule has 0 amide bonds. The van der Waals surface area contributed by atoms with Gasteiger partial charge in [-0.2, -0.15) is 0 Å². The maximum atomic E-state index is 11.6. The van der Waals surface area contributed by atoms with Crippen LogP contribution in [0.1, 0.15) is 36.6 Å². The second kappa shape index (κ2) is 7.97. The van der Waals surface area contributed by atoms with Crippen molar-refractivity contribution >= 4 is 10.8 Å². The van der Waals surface area contributed by atoms with Gasteiger partial charge in [0.05, 0.1) is 32.3 Å². The third-order valence-electron chi connectivity index (χ3n) is 6.82. The Kier molecular flexibility index (Phi) is 5.48. The van der Waals surface area contributed by atoms with E-state index in [0.717, 1.165) is 56.5 Å². The predicted molar refractivity (Wildman–Crippen MR) is 125 cm³/mol. The van der Waals surface area contributed by atoms with Crippen LogP contribution < -0.4 is 14.2 Å². The molecule has 5 nitrogen and oxygen atoms in total. The molecule has 5 heteroatoms. The van der Waals surface area contributed by atoms with Crippen LogP contribution in [0.15, 0.2) is 30.3 Å². The summed E-state index contributed by atoms with van der Waals surface area (Å²) in [6.45, 7) is 6.39. The molecule has 1 aliphatic heterocycles. The van der Waals surface area contributed by atoms with E-state index in [0.29, 0.717) is 11.8 Å². The smallest absolute Gasteiger partial charge is 0.132 e. The molecular formula is C26H31NO4. The summed E-state index contributed by atoms with van der Waals surface area (Å²) < 4.78 is 17.1. The minimum absolute atomic E-state index is 0.0998. The molecule has 0 saturated carbocycles. The number of benzene rings is 3. The molecule has 0 radical (unpaired) electrons. The zero-order chi connectivity index (χ0) is 22.4. The monoisotopic (exact) mass is 421 g/mol. The van der Waals surface area contributed by atoms with Crippen LogP contribution in [0.4, 0.5) is 0 Å². The molecule has 3 aromatic carbocycles. The summed E-state index contributed by atoms with van der Waals surface area (Å²) in [7, 11) is 7.09. The zero-order valence-electron chi connectivity index (χ0n) is 19.4. The lowest BCUT2D eigenvalue weighted by Gasteiger charge is -2.38. The number of aryl methyl sites for hydroxylation is 1. The number of methoxy groups -OCH3 is 3. The van der Waals surface area contributed by atoms with Crippen molar-refractivity contribution in [2.45, 2.75) is 39.3 Å². The molecule has 1 N–H and O–H groups in total. The summed E-state index contributed by atoms with van der Waals surface area (Å²) in [4.78, 5) is 2.31. The fourth-order valence-electron chi connectivity index (χ4n) is 5.01. The number of hydrogen-bond acceptors (Lipinski definition) is 5. The second-order valence-electron chi connectivity index (χ2n) is 8.42. The van der Waals surface area contributed by atoms with Gasteiger partial charge in [0.15, 0.2) is 0 Å². The zero-order valence-corrected chi connectivity index (χ0v) is 19.4. The first-order valence-corrected chi connectivity index (χ1v) is 10.6. The van der Waals surface area contributed by atoms with Gasteiger partial charge < -0.3 is 19.3 Å². The first-order valence-electron chi connectivity index (χ1n) is 10.6. The lowest BCUT2D eigenvalue weighted by molar-refractivity contribution is 0.176. The second-order valence-corrected chi connectivity index (χ2v) is 8.42. The van der Waals surface area contributed by atoms with Gasteiger partial charge in [0.2, 0.25) is 0 Å². The average Bonchev–Trinajstić information content (AvgIpc) is 2.76. The van der Waals surface area contributed by atoms with Crippen molar-refractivity contribution < 1.29 is 19.3 Å². The highest BCUT2D eigenvalue weighted by atomic mass is 16.5. The Bertz CT molecular complexity index is 1150. The van der Waals surface area contributed by atoms with Gasteiger partial charge in [-0.15, -0.1) is 0 Å². The average molecular weight is 422 g/mol. The Hall–Kier alpha value is -2.92. The Morgan fingerprint density at radius 3 is 2.26 bits per heavy atom. The molecule has 0 aliphatic carbocycles. The van der Waals surface area contributed by atoms with Gasteiger partial charge in [0.1, 0.15) is 23.0 Å². The van der Waals surface area contributed by atoms with Crippen molar-refractivity contribution in [1.29, 1.82) is 0 Å². The van der Waals surface area contributed by atoms with E-state index in [9.17, 15) is 5.11 Å². The number of phenols is 1. The fraction of sp³-hybridized carbons (Fsp3) is 0.385. The number of phenolic OH excluding ortho intramolecular Hbond substituents is 1. The standard InChI is InChI=1S/C26H31NO4/c1-14-11-20(30-6)24-18(9-8-10-19(24)29-5)22(14)25-21(31-7)13-17-12-15(2)27(4)16(3)23(17)26(25)28/h8-11,13,15-16,28H,12H2,1-7H3/t15-,16+/m0/s1. The lowest BCUT2D eigenvalue weighted by Crippen LogP contribution is -2.38. The van der Waals surface area contributed by atoms with E-state index >= 15 is 0 Å². The highest BCUT2D eigenvalue weighted by molar-refractivity contribution is 6.07. The van der Waals surface area contributed by atoms with E-state index in [2.05, 4.69) is 31.9 Å². The summed E-state index contributed by atoms with van der Waals surface area (Å²) in [5.41, 5.74) is 4.76. The number of fused-ring (bicyclic) bond motifs is 2. The third-order valence-corrected chi connectivity index (χ3v) is 6.82. The van der Waals surface area contributed by atoms with Crippen LogP contribution in [0.5, 0.6) is 23.0 Å². The SMILES string of the molecule is COc1cc2c(c(O)c1-c1c(C)cc(OC)c3c(OC)cccc13)[C@@H](C)N(C)[C@@H](C)C2. The van der Waals surface area contributed by atoms with E-state index in [4.69, 9.17) is 14.2 Å². The van der Waals surface area contributed by atoms with E-state index in [1.807, 2.05) is 31.2 Å². The van der Waals surface area contributed by atoms with Crippen molar-refractivity contribution in [3.63, 3.8) is 0 Å². The van der Waals surface area contributed by atoms with E-state index in [1.54, 1.807) is 21.3 Å². The molecule has 164 valence electrons. The summed E-state index contributed by atoms with van der Waals surface area (Å²) in [6, 6.07) is 10.5. The van der Waals surface area contributed by atoms with Crippen LogP contribution in [0.3, 0.4) is 0 Å². The van der Waals surface area contributed by atoms with Crippen molar-refractivity contribution in [3.8, 4) is 34.1 Å². The molecule has 1 aliphatic rings. The Morgan fingerprint density at radius 2 is 1.61 bits per heavy atom. The van der Waals surface area contributed by atoms with Crippen molar-refractivity contribution in [3.05, 3.63) is 47.0 Å². The van der Waals surface area contributed by atoms with Crippen LogP contribution in [0, 0.1) is 6.92 Å². The van der Waals surface area contributed by atoms with Gasteiger partial charge >= 0.3 is 0 Å². The molecule has 4 rings (SSSR count). The minimum atomic E-state index is 0.0998. The molecule has 3 aromatic rings. The maximum absolute atomic E-state index is 11.6. The molecule has 0 fully saturated rings. The Balaban J connectivity index is 2.11. The Labute approximate surface area is 184 Å². The van der Waals surface area contributed by atoms with Gasteiger partial charge in [0.25, 0.3) is 0 Å². The first-order chi connectivity index (χ1) is 14.8. The number of likely N-dealkylation sites (N-methyl/N-ethyl adjacent to an activating group) is 1. The predicted octanol–water partition coefficient (Wildman–Crippen LogP) is 5.48. The molecule has 31 heavy (non-hydrogen) atoms. The molecule has 1 heterocycles. The lowest BCUT2D eigenvalue weighted by atomic mass is 9.84. The molecule has 0 saturated heterocycles. The van der Waals surface area contributed by atoms with Crippen LogP contribution in [0.2, 0.25) is 0 Å². The summed E-state index contributed by atoms with van der Waals surface area (Å²) in [6.07, 6.45) is 0.872. The summed E-state index contributed by atoms with van der Waals surface area (Å²) in [5.74, 6) is 2.44. The van der Waals surface area contributed by atoms with E-state index in [-0.39, 0.29) is 11.8 Å². The van der Waals surface area contributed by atoms with Gasteiger partial charge in [-0.05, 0) is 69.0 Å². The highest BCUT2D eigenvalue weighted by Gasteiger charge is 2.33. The first kappa shape index (κ1) is 21.3. The number of nitrogens with zero attached hydrogens (tertiary/aromatic N) is 1. The summed E-state index contributed by atoms with van der Waals surface area (Å²) >= 11 is 0. The Morgan fingerprint density at radius 1 is 0.935 bits per heavy atom. The molecule has 0 aromatic heterocycles. The van der Waals surface area contributed by atoms with Gasteiger partial charge in [-0.25, -0.2) is 0 Å². The normalized spacial score (nSPS) is 18.7. The van der Waals surface area contributed by atoms with Crippen LogP contribution >= 0.6 is 0 Å². The van der Waals surface area contributed by atoms with Crippen molar-refractivity contribution in [1.82, 2.24) is 4.90 Å². The van der Waals surface area contributed by atoms with Crippen LogP contribution in [-0.2, 0) is 6.42 Å². The molecule has 0 unspecified atom stereocenters. The number of ether oxygens (including phenoxy) is 3. The van der Waals surface area contributed by atoms with Crippen molar-refractivity contribution in [2.24, 2.45) is 0 Å². The number of aromatic hydroxyl groups is 1. The minimum Gasteiger partial charge on any atom is -0.507 e. The highest BCUT2D eigenvalue weighted by Crippen LogP contribution is 2.51. The molecule has 0 spiro atoms. The van der Waals surface area contributed by atoms with Crippen molar-refractivity contribution in [2.75, 3.05) is 28.4 Å². The molecule has 2 atom stereocenters. The fourth-order valence-corrected chi connectivity index (χ4v) is 5.01. The van der Waals surface area contributed by atoms with Crippen LogP contribution in [-0.4, -0.2) is 44.4 Å². The number of hydrogen-bond donors (Lipinski definition) is 1. The third kappa shape index (κ3) is 3.19. The van der Waals surface area contributed by atoms with Gasteiger partial charge in [0, 0.05) is 23.2 Å². The van der Waals surface area contributed by atoms with Gasteiger partial charge in [-0.1, -0.05) is 12.1 Å². The van der Waals surface area contributed by atoms with Crippen LogP contribution in [0.25, 0.3) is 21.9 Å². The van der Waals surface area contributed by atoms with Gasteiger partial charge in [-0.3, -0.25) is 4.90 Å². The largest absolute Gasteiger partial charge is 0.507 e. The van der Waals surface area contributed by atoms with E-state index < -0.39 is 0 Å². The molecule has 0 bridgehead atoms. The van der Waals surface area contributed by atoms with E-state index in [1.165, 1.54) is 0 Å².